The average molecular weight is 333 g/mol. The lowest BCUT2D eigenvalue weighted by Gasteiger charge is -2.21. The molecule has 5 rings (SSSR count). The van der Waals surface area contributed by atoms with E-state index in [1.54, 1.807) is 11.3 Å². The molecule has 24 heavy (non-hydrogen) atoms. The maximum Gasteiger partial charge on any atom is 0.238 e. The summed E-state index contributed by atoms with van der Waals surface area (Å²) in [5, 5.41) is 1.24. The Labute approximate surface area is 143 Å². The van der Waals surface area contributed by atoms with E-state index in [4.69, 9.17) is 0 Å². The molecular formula is C20H15NO2S. The third-order valence-corrected chi connectivity index (χ3v) is 6.42. The van der Waals surface area contributed by atoms with Crippen molar-refractivity contribution in [2.75, 3.05) is 4.90 Å². The first-order chi connectivity index (χ1) is 11.7. The predicted molar refractivity (Wildman–Crippen MR) is 95.1 cm³/mol. The molecule has 2 amide bonds. The summed E-state index contributed by atoms with van der Waals surface area (Å²) in [7, 11) is 0. The molecule has 2 heterocycles. The van der Waals surface area contributed by atoms with Crippen LogP contribution >= 0.6 is 11.3 Å². The van der Waals surface area contributed by atoms with E-state index in [1.807, 2.05) is 42.5 Å². The van der Waals surface area contributed by atoms with Gasteiger partial charge in [0, 0.05) is 9.58 Å². The predicted octanol–water partition coefficient (Wildman–Crippen LogP) is 3.81. The largest absolute Gasteiger partial charge is 0.274 e. The minimum Gasteiger partial charge on any atom is -0.274 e. The summed E-state index contributed by atoms with van der Waals surface area (Å²) in [4.78, 5) is 28.5. The number of hydrogen-bond acceptors (Lipinski definition) is 3. The summed E-state index contributed by atoms with van der Waals surface area (Å²) in [6, 6.07) is 17.6. The van der Waals surface area contributed by atoms with Gasteiger partial charge in [-0.2, -0.15) is 0 Å². The monoisotopic (exact) mass is 333 g/mol. The lowest BCUT2D eigenvalue weighted by Crippen LogP contribution is -2.30. The van der Waals surface area contributed by atoms with Crippen molar-refractivity contribution in [2.24, 2.45) is 11.8 Å². The van der Waals surface area contributed by atoms with Crippen LogP contribution in [0.3, 0.4) is 0 Å². The molecule has 4 heteroatoms. The van der Waals surface area contributed by atoms with Crippen molar-refractivity contribution in [3.05, 3.63) is 65.0 Å². The number of carbonyl (C=O) groups is 2. The van der Waals surface area contributed by atoms with Gasteiger partial charge >= 0.3 is 0 Å². The van der Waals surface area contributed by atoms with E-state index in [-0.39, 0.29) is 23.7 Å². The number of amides is 2. The summed E-state index contributed by atoms with van der Waals surface area (Å²) < 4.78 is 1.25. The summed E-state index contributed by atoms with van der Waals surface area (Å²) >= 11 is 1.77. The zero-order valence-corrected chi connectivity index (χ0v) is 13.8. The minimum absolute atomic E-state index is 0.0423. The average Bonchev–Trinajstić information content (AvgIpc) is 3.10. The fourth-order valence-corrected chi connectivity index (χ4v) is 5.33. The molecule has 1 aliphatic carbocycles. The van der Waals surface area contributed by atoms with Crippen LogP contribution in [0.4, 0.5) is 5.69 Å². The maximum absolute atomic E-state index is 12.9. The van der Waals surface area contributed by atoms with Crippen LogP contribution in [0, 0.1) is 11.8 Å². The molecule has 2 atom stereocenters. The molecule has 1 saturated heterocycles. The van der Waals surface area contributed by atoms with Gasteiger partial charge in [-0.15, -0.1) is 11.3 Å². The Morgan fingerprint density at radius 3 is 2.29 bits per heavy atom. The van der Waals surface area contributed by atoms with Crippen LogP contribution in [0.15, 0.2) is 54.6 Å². The number of imide groups is 1. The molecule has 3 nitrogen and oxygen atoms in total. The van der Waals surface area contributed by atoms with Crippen LogP contribution in [0.25, 0.3) is 10.1 Å². The molecule has 1 fully saturated rings. The number of carbonyl (C=O) groups excluding carboxylic acids is 2. The first kappa shape index (κ1) is 13.9. The standard InChI is InChI=1S/C20H15NO2S/c22-19-15-10-14-13-8-4-5-9-17(13)24-18(14)11-16(15)20(23)21(19)12-6-2-1-3-7-12/h1-9,15-16H,10-11H2. The highest BCUT2D eigenvalue weighted by molar-refractivity contribution is 7.19. The van der Waals surface area contributed by atoms with E-state index in [0.29, 0.717) is 18.5 Å². The van der Waals surface area contributed by atoms with Gasteiger partial charge in [0.15, 0.2) is 0 Å². The maximum atomic E-state index is 12.9. The molecule has 3 aromatic rings. The van der Waals surface area contributed by atoms with Gasteiger partial charge in [0.1, 0.15) is 0 Å². The van der Waals surface area contributed by atoms with Crippen molar-refractivity contribution in [2.45, 2.75) is 12.8 Å². The zero-order chi connectivity index (χ0) is 16.3. The van der Waals surface area contributed by atoms with Gasteiger partial charge in [-0.25, -0.2) is 0 Å². The van der Waals surface area contributed by atoms with Crippen molar-refractivity contribution in [1.29, 1.82) is 0 Å². The lowest BCUT2D eigenvalue weighted by molar-refractivity contribution is -0.122. The van der Waals surface area contributed by atoms with E-state index in [1.165, 1.54) is 25.4 Å². The molecule has 2 aliphatic rings. The van der Waals surface area contributed by atoms with Crippen LogP contribution in [0.1, 0.15) is 10.4 Å². The van der Waals surface area contributed by atoms with Crippen LogP contribution in [-0.2, 0) is 22.4 Å². The third-order valence-electron chi connectivity index (χ3n) is 5.19. The summed E-state index contributed by atoms with van der Waals surface area (Å²) in [6.45, 7) is 0. The molecular weight excluding hydrogens is 318 g/mol. The Kier molecular flexibility index (Phi) is 2.91. The lowest BCUT2D eigenvalue weighted by atomic mass is 9.80. The number of benzene rings is 2. The van der Waals surface area contributed by atoms with Gasteiger partial charge in [-0.3, -0.25) is 14.5 Å². The molecule has 1 aliphatic heterocycles. The van der Waals surface area contributed by atoms with E-state index >= 15 is 0 Å². The van der Waals surface area contributed by atoms with Crippen molar-refractivity contribution in [3.8, 4) is 0 Å². The fourth-order valence-electron chi connectivity index (χ4n) is 4.03. The van der Waals surface area contributed by atoms with Crippen LogP contribution in [0.2, 0.25) is 0 Å². The molecule has 0 spiro atoms. The fraction of sp³-hybridized carbons (Fsp3) is 0.200. The van der Waals surface area contributed by atoms with Crippen molar-refractivity contribution in [3.63, 3.8) is 0 Å². The highest BCUT2D eigenvalue weighted by Gasteiger charge is 2.50. The number of hydrogen-bond donors (Lipinski definition) is 0. The quantitative estimate of drug-likeness (QED) is 0.635. The topological polar surface area (TPSA) is 37.4 Å². The Hall–Kier alpha value is -2.46. The van der Waals surface area contributed by atoms with Crippen molar-refractivity contribution >= 4 is 38.9 Å². The first-order valence-electron chi connectivity index (χ1n) is 8.16. The molecule has 118 valence electrons. The first-order valence-corrected chi connectivity index (χ1v) is 8.98. The summed E-state index contributed by atoms with van der Waals surface area (Å²) in [5.41, 5.74) is 1.96. The minimum atomic E-state index is -0.219. The Bertz CT molecular complexity index is 976. The number of rotatable bonds is 1. The second kappa shape index (κ2) is 5.02. The third kappa shape index (κ3) is 1.83. The van der Waals surface area contributed by atoms with E-state index in [0.717, 1.165) is 0 Å². The number of fused-ring (bicyclic) bond motifs is 4. The second-order valence-electron chi connectivity index (χ2n) is 6.47. The van der Waals surface area contributed by atoms with Gasteiger partial charge in [-0.1, -0.05) is 36.4 Å². The van der Waals surface area contributed by atoms with Crippen LogP contribution < -0.4 is 4.90 Å². The summed E-state index contributed by atoms with van der Waals surface area (Å²) in [6.07, 6.45) is 1.37. The molecule has 0 N–H and O–H groups in total. The molecule has 0 radical (unpaired) electrons. The van der Waals surface area contributed by atoms with E-state index < -0.39 is 0 Å². The van der Waals surface area contributed by atoms with Crippen molar-refractivity contribution < 1.29 is 9.59 Å². The molecule has 2 aromatic carbocycles. The number of anilines is 1. The molecule has 0 saturated carbocycles. The number of para-hydroxylation sites is 1. The summed E-state index contributed by atoms with van der Waals surface area (Å²) in [5.74, 6) is -0.516. The second-order valence-corrected chi connectivity index (χ2v) is 7.61. The van der Waals surface area contributed by atoms with Gasteiger partial charge in [-0.05, 0) is 42.0 Å². The van der Waals surface area contributed by atoms with E-state index in [9.17, 15) is 9.59 Å². The van der Waals surface area contributed by atoms with Crippen molar-refractivity contribution in [1.82, 2.24) is 0 Å². The Balaban J connectivity index is 1.58. The van der Waals surface area contributed by atoms with E-state index in [2.05, 4.69) is 12.1 Å². The SMILES string of the molecule is O=C1C2Cc3sc4ccccc4c3CC2C(=O)N1c1ccccc1. The van der Waals surface area contributed by atoms with Gasteiger partial charge < -0.3 is 0 Å². The van der Waals surface area contributed by atoms with Gasteiger partial charge in [0.25, 0.3) is 0 Å². The van der Waals surface area contributed by atoms with Gasteiger partial charge in [0.05, 0.1) is 17.5 Å². The molecule has 0 bridgehead atoms. The number of thiophene rings is 1. The van der Waals surface area contributed by atoms with Crippen LogP contribution in [-0.4, -0.2) is 11.8 Å². The number of nitrogens with zero attached hydrogens (tertiary/aromatic N) is 1. The molecule has 1 aromatic heterocycles. The Morgan fingerprint density at radius 2 is 1.50 bits per heavy atom. The Morgan fingerprint density at radius 1 is 0.833 bits per heavy atom. The molecule has 2 unspecified atom stereocenters. The highest BCUT2D eigenvalue weighted by Crippen LogP contribution is 2.44. The normalized spacial score (nSPS) is 22.8. The smallest absolute Gasteiger partial charge is 0.238 e. The zero-order valence-electron chi connectivity index (χ0n) is 12.9. The highest BCUT2D eigenvalue weighted by atomic mass is 32.1. The van der Waals surface area contributed by atoms with Gasteiger partial charge in [0.2, 0.25) is 11.8 Å². The van der Waals surface area contributed by atoms with Crippen LogP contribution in [0.5, 0.6) is 0 Å².